The molecule has 0 aliphatic rings. The highest BCUT2D eigenvalue weighted by Gasteiger charge is 2.05. The van der Waals surface area contributed by atoms with Gasteiger partial charge in [0.15, 0.2) is 0 Å². The van der Waals surface area contributed by atoms with Gasteiger partial charge in [-0.1, -0.05) is 39.7 Å². The molecule has 0 heterocycles. The van der Waals surface area contributed by atoms with Crippen molar-refractivity contribution in [3.8, 4) is 5.75 Å². The summed E-state index contributed by atoms with van der Waals surface area (Å²) in [6, 6.07) is 13.1. The van der Waals surface area contributed by atoms with Crippen LogP contribution in [-0.4, -0.2) is 0 Å². The van der Waals surface area contributed by atoms with Crippen molar-refractivity contribution in [2.24, 2.45) is 0 Å². The van der Waals surface area contributed by atoms with Crippen LogP contribution < -0.4 is 10.5 Å². The number of anilines is 1. The predicted molar refractivity (Wildman–Crippen MR) is 74.3 cm³/mol. The molecule has 4 heteroatoms. The highest BCUT2D eigenvalue weighted by molar-refractivity contribution is 9.10. The first-order valence-electron chi connectivity index (χ1n) is 5.08. The Morgan fingerprint density at radius 2 is 1.94 bits per heavy atom. The fraction of sp³-hybridized carbons (Fsp3) is 0.0769. The van der Waals surface area contributed by atoms with Crippen LogP contribution in [0.15, 0.2) is 46.9 Å². The normalized spacial score (nSPS) is 10.2. The van der Waals surface area contributed by atoms with Crippen molar-refractivity contribution < 1.29 is 4.74 Å². The van der Waals surface area contributed by atoms with Gasteiger partial charge >= 0.3 is 0 Å². The zero-order valence-electron chi connectivity index (χ0n) is 8.99. The van der Waals surface area contributed by atoms with Gasteiger partial charge in [-0.2, -0.15) is 0 Å². The van der Waals surface area contributed by atoms with Gasteiger partial charge < -0.3 is 10.5 Å². The van der Waals surface area contributed by atoms with Crippen molar-refractivity contribution in [1.29, 1.82) is 0 Å². The Balaban J connectivity index is 2.13. The van der Waals surface area contributed by atoms with Crippen molar-refractivity contribution >= 4 is 33.2 Å². The molecule has 0 amide bonds. The number of rotatable bonds is 3. The van der Waals surface area contributed by atoms with Gasteiger partial charge in [0.2, 0.25) is 0 Å². The molecule has 2 aromatic carbocycles. The second kappa shape index (κ2) is 5.43. The molecule has 0 radical (unpaired) electrons. The lowest BCUT2D eigenvalue weighted by Crippen LogP contribution is -2.00. The van der Waals surface area contributed by atoms with Crippen molar-refractivity contribution in [3.05, 3.63) is 57.5 Å². The van der Waals surface area contributed by atoms with E-state index in [1.165, 1.54) is 0 Å². The molecule has 0 saturated carbocycles. The van der Waals surface area contributed by atoms with Crippen molar-refractivity contribution in [2.45, 2.75) is 6.61 Å². The molecule has 2 rings (SSSR count). The zero-order chi connectivity index (χ0) is 12.3. The van der Waals surface area contributed by atoms with Crippen LogP contribution in [0.25, 0.3) is 0 Å². The van der Waals surface area contributed by atoms with Gasteiger partial charge in [0.1, 0.15) is 12.4 Å². The van der Waals surface area contributed by atoms with Crippen molar-refractivity contribution in [2.75, 3.05) is 5.73 Å². The molecular weight excluding hydrogens is 302 g/mol. The van der Waals surface area contributed by atoms with E-state index in [0.717, 1.165) is 15.8 Å². The van der Waals surface area contributed by atoms with Crippen LogP contribution in [0.1, 0.15) is 5.56 Å². The van der Waals surface area contributed by atoms with Crippen molar-refractivity contribution in [1.82, 2.24) is 0 Å². The number of nitrogens with two attached hydrogens (primary N) is 1. The first-order chi connectivity index (χ1) is 8.16. The molecular formula is C13H11BrClNO. The van der Waals surface area contributed by atoms with Crippen LogP contribution >= 0.6 is 27.5 Å². The molecule has 88 valence electrons. The Labute approximate surface area is 113 Å². The molecule has 0 aromatic heterocycles. The summed E-state index contributed by atoms with van der Waals surface area (Å²) < 4.78 is 6.61. The molecule has 0 spiro atoms. The Kier molecular flexibility index (Phi) is 3.92. The SMILES string of the molecule is Nc1cccc(Cl)c1COc1cccc(Br)c1. The highest BCUT2D eigenvalue weighted by atomic mass is 79.9. The summed E-state index contributed by atoms with van der Waals surface area (Å²) in [5, 5.41) is 0.625. The third-order valence-corrected chi connectivity index (χ3v) is 3.18. The molecule has 2 nitrogen and oxygen atoms in total. The van der Waals surface area contributed by atoms with E-state index in [1.54, 1.807) is 6.07 Å². The average molecular weight is 313 g/mol. The minimum Gasteiger partial charge on any atom is -0.489 e. The number of hydrogen-bond acceptors (Lipinski definition) is 2. The smallest absolute Gasteiger partial charge is 0.120 e. The van der Waals surface area contributed by atoms with Crippen LogP contribution in [0, 0.1) is 0 Å². The number of ether oxygens (including phenoxy) is 1. The molecule has 2 aromatic rings. The molecule has 2 N–H and O–H groups in total. The van der Waals surface area contributed by atoms with Gasteiger partial charge in [0, 0.05) is 20.7 Å². The number of benzene rings is 2. The van der Waals surface area contributed by atoms with Crippen LogP contribution in [0.5, 0.6) is 5.75 Å². The van der Waals surface area contributed by atoms with Gasteiger partial charge in [-0.15, -0.1) is 0 Å². The Morgan fingerprint density at radius 3 is 2.65 bits per heavy atom. The lowest BCUT2D eigenvalue weighted by atomic mass is 10.2. The summed E-state index contributed by atoms with van der Waals surface area (Å²) in [5.74, 6) is 0.777. The lowest BCUT2D eigenvalue weighted by Gasteiger charge is -2.10. The van der Waals surface area contributed by atoms with Gasteiger partial charge in [-0.3, -0.25) is 0 Å². The van der Waals surface area contributed by atoms with E-state index in [1.807, 2.05) is 36.4 Å². The summed E-state index contributed by atoms with van der Waals surface area (Å²) >= 11 is 9.44. The Bertz CT molecular complexity index is 510. The minimum atomic E-state index is 0.363. The molecule has 0 unspecified atom stereocenters. The fourth-order valence-corrected chi connectivity index (χ4v) is 2.05. The molecule has 0 saturated heterocycles. The summed E-state index contributed by atoms with van der Waals surface area (Å²) in [4.78, 5) is 0. The summed E-state index contributed by atoms with van der Waals surface area (Å²) in [6.45, 7) is 0.363. The molecule has 0 aliphatic heterocycles. The first kappa shape index (κ1) is 12.3. The molecule has 0 atom stereocenters. The van der Waals surface area contributed by atoms with Gasteiger partial charge in [0.05, 0.1) is 0 Å². The van der Waals surface area contributed by atoms with Gasteiger partial charge in [-0.25, -0.2) is 0 Å². The van der Waals surface area contributed by atoms with E-state index >= 15 is 0 Å². The van der Waals surface area contributed by atoms with Gasteiger partial charge in [0.25, 0.3) is 0 Å². The third kappa shape index (κ3) is 3.14. The maximum absolute atomic E-state index is 6.06. The molecule has 0 fully saturated rings. The molecule has 0 bridgehead atoms. The molecule has 17 heavy (non-hydrogen) atoms. The summed E-state index contributed by atoms with van der Waals surface area (Å²) in [7, 11) is 0. The van der Waals surface area contributed by atoms with Crippen LogP contribution in [0.3, 0.4) is 0 Å². The summed E-state index contributed by atoms with van der Waals surface area (Å²) in [6.07, 6.45) is 0. The number of halogens is 2. The highest BCUT2D eigenvalue weighted by Crippen LogP contribution is 2.25. The maximum Gasteiger partial charge on any atom is 0.120 e. The minimum absolute atomic E-state index is 0.363. The van der Waals surface area contributed by atoms with E-state index in [4.69, 9.17) is 22.1 Å². The monoisotopic (exact) mass is 311 g/mol. The van der Waals surface area contributed by atoms with E-state index in [9.17, 15) is 0 Å². The van der Waals surface area contributed by atoms with Crippen LogP contribution in [0.4, 0.5) is 5.69 Å². The number of nitrogen functional groups attached to an aromatic ring is 1. The number of hydrogen-bond donors (Lipinski definition) is 1. The Hall–Kier alpha value is -1.19. The molecule has 0 aliphatic carbocycles. The second-order valence-corrected chi connectivity index (χ2v) is 4.88. The standard InChI is InChI=1S/C13H11BrClNO/c14-9-3-1-4-10(7-9)17-8-11-12(15)5-2-6-13(11)16/h1-7H,8,16H2. The summed E-state index contributed by atoms with van der Waals surface area (Å²) in [5.41, 5.74) is 7.30. The van der Waals surface area contributed by atoms with E-state index in [2.05, 4.69) is 15.9 Å². The maximum atomic E-state index is 6.06. The lowest BCUT2D eigenvalue weighted by molar-refractivity contribution is 0.307. The zero-order valence-corrected chi connectivity index (χ0v) is 11.3. The topological polar surface area (TPSA) is 35.2 Å². The Morgan fingerprint density at radius 1 is 1.18 bits per heavy atom. The van der Waals surface area contributed by atoms with Crippen molar-refractivity contribution in [3.63, 3.8) is 0 Å². The fourth-order valence-electron chi connectivity index (χ4n) is 1.44. The van der Waals surface area contributed by atoms with E-state index < -0.39 is 0 Å². The van der Waals surface area contributed by atoms with Crippen LogP contribution in [0.2, 0.25) is 5.02 Å². The predicted octanol–water partition coefficient (Wildman–Crippen LogP) is 4.26. The second-order valence-electron chi connectivity index (χ2n) is 3.55. The quantitative estimate of drug-likeness (QED) is 0.859. The third-order valence-electron chi connectivity index (χ3n) is 2.33. The average Bonchev–Trinajstić information content (AvgIpc) is 2.28. The van der Waals surface area contributed by atoms with E-state index in [-0.39, 0.29) is 0 Å². The van der Waals surface area contributed by atoms with Crippen LogP contribution in [-0.2, 0) is 6.61 Å². The van der Waals surface area contributed by atoms with E-state index in [0.29, 0.717) is 17.3 Å². The van der Waals surface area contributed by atoms with Gasteiger partial charge in [-0.05, 0) is 30.3 Å². The first-order valence-corrected chi connectivity index (χ1v) is 6.25. The largest absolute Gasteiger partial charge is 0.489 e.